The van der Waals surface area contributed by atoms with Crippen molar-refractivity contribution in [1.82, 2.24) is 10.3 Å². The lowest BCUT2D eigenvalue weighted by Gasteiger charge is -2.12. The first-order valence-electron chi connectivity index (χ1n) is 7.85. The van der Waals surface area contributed by atoms with Gasteiger partial charge in [0.2, 0.25) is 5.88 Å². The minimum atomic E-state index is -0.204. The number of ether oxygens (including phenoxy) is 2. The van der Waals surface area contributed by atoms with Crippen molar-refractivity contribution in [2.75, 3.05) is 7.11 Å². The second kappa shape index (κ2) is 7.97. The van der Waals surface area contributed by atoms with Gasteiger partial charge in [-0.3, -0.25) is 4.79 Å². The number of carbonyl (C=O) groups is 1. The van der Waals surface area contributed by atoms with Crippen LogP contribution in [-0.4, -0.2) is 18.0 Å². The number of methoxy groups -OCH3 is 1. The van der Waals surface area contributed by atoms with Gasteiger partial charge < -0.3 is 14.8 Å². The maximum Gasteiger partial charge on any atom is 0.253 e. The molecule has 1 N–H and O–H groups in total. The number of amides is 1. The first-order chi connectivity index (χ1) is 12.3. The molecule has 0 fully saturated rings. The molecule has 0 saturated heterocycles. The van der Waals surface area contributed by atoms with Crippen molar-refractivity contribution in [3.8, 4) is 17.4 Å². The van der Waals surface area contributed by atoms with Gasteiger partial charge in [0.1, 0.15) is 11.5 Å². The molecule has 0 aliphatic heterocycles. The van der Waals surface area contributed by atoms with Crippen LogP contribution in [-0.2, 0) is 6.54 Å². The van der Waals surface area contributed by atoms with E-state index in [0.29, 0.717) is 23.7 Å². The zero-order chi connectivity index (χ0) is 17.5. The lowest BCUT2D eigenvalue weighted by molar-refractivity contribution is 0.0950. The van der Waals surface area contributed by atoms with E-state index >= 15 is 0 Å². The predicted molar refractivity (Wildman–Crippen MR) is 94.9 cm³/mol. The van der Waals surface area contributed by atoms with E-state index in [9.17, 15) is 4.79 Å². The Morgan fingerprint density at radius 1 is 1.00 bits per heavy atom. The van der Waals surface area contributed by atoms with Crippen LogP contribution in [0, 0.1) is 0 Å². The summed E-state index contributed by atoms with van der Waals surface area (Å²) >= 11 is 0. The number of pyridine rings is 1. The Labute approximate surface area is 146 Å². The fourth-order valence-electron chi connectivity index (χ4n) is 2.28. The van der Waals surface area contributed by atoms with Crippen molar-refractivity contribution in [3.63, 3.8) is 0 Å². The van der Waals surface area contributed by atoms with Crippen LogP contribution in [0.2, 0.25) is 0 Å². The molecule has 0 aliphatic rings. The topological polar surface area (TPSA) is 60.5 Å². The highest BCUT2D eigenvalue weighted by molar-refractivity contribution is 5.93. The van der Waals surface area contributed by atoms with Crippen molar-refractivity contribution in [3.05, 3.63) is 84.1 Å². The highest BCUT2D eigenvalue weighted by Crippen LogP contribution is 2.24. The van der Waals surface area contributed by atoms with Crippen LogP contribution in [0.5, 0.6) is 17.4 Å². The Morgan fingerprint density at radius 2 is 1.76 bits per heavy atom. The number of nitrogens with one attached hydrogen (secondary N) is 1. The first kappa shape index (κ1) is 16.5. The van der Waals surface area contributed by atoms with Crippen LogP contribution in [0.3, 0.4) is 0 Å². The number of hydrogen-bond donors (Lipinski definition) is 1. The largest absolute Gasteiger partial charge is 0.481 e. The predicted octanol–water partition coefficient (Wildman–Crippen LogP) is 3.81. The Kier molecular flexibility index (Phi) is 5.26. The fraction of sp³-hybridized carbons (Fsp3) is 0.100. The smallest absolute Gasteiger partial charge is 0.253 e. The molecule has 0 radical (unpaired) electrons. The summed E-state index contributed by atoms with van der Waals surface area (Å²) in [6.07, 6.45) is 1.49. The molecule has 0 aliphatic carbocycles. The molecule has 0 unspecified atom stereocenters. The van der Waals surface area contributed by atoms with Crippen molar-refractivity contribution in [1.29, 1.82) is 0 Å². The lowest BCUT2D eigenvalue weighted by Crippen LogP contribution is -2.23. The van der Waals surface area contributed by atoms with Crippen LogP contribution >= 0.6 is 0 Å². The minimum Gasteiger partial charge on any atom is -0.481 e. The van der Waals surface area contributed by atoms with E-state index in [1.54, 1.807) is 12.1 Å². The minimum absolute atomic E-state index is 0.204. The van der Waals surface area contributed by atoms with Crippen molar-refractivity contribution >= 4 is 5.91 Å². The summed E-state index contributed by atoms with van der Waals surface area (Å²) in [7, 11) is 1.53. The summed E-state index contributed by atoms with van der Waals surface area (Å²) in [5.74, 6) is 1.73. The molecule has 25 heavy (non-hydrogen) atoms. The average Bonchev–Trinajstić information content (AvgIpc) is 2.68. The van der Waals surface area contributed by atoms with Crippen LogP contribution in [0.4, 0.5) is 0 Å². The summed E-state index contributed by atoms with van der Waals surface area (Å²) in [5, 5.41) is 2.88. The zero-order valence-electron chi connectivity index (χ0n) is 13.8. The van der Waals surface area contributed by atoms with Gasteiger partial charge in [-0.25, -0.2) is 4.98 Å². The Morgan fingerprint density at radius 3 is 2.48 bits per heavy atom. The van der Waals surface area contributed by atoms with Crippen LogP contribution in [0.25, 0.3) is 0 Å². The number of aromatic nitrogens is 1. The molecule has 1 heterocycles. The van der Waals surface area contributed by atoms with Gasteiger partial charge in [0, 0.05) is 24.4 Å². The summed E-state index contributed by atoms with van der Waals surface area (Å²) in [6.45, 7) is 0.355. The quantitative estimate of drug-likeness (QED) is 0.744. The number of carbonyl (C=O) groups excluding carboxylic acids is 1. The third-order valence-corrected chi connectivity index (χ3v) is 3.59. The maximum atomic E-state index is 12.3. The molecular weight excluding hydrogens is 316 g/mol. The van der Waals surface area contributed by atoms with Gasteiger partial charge in [0.15, 0.2) is 0 Å². The van der Waals surface area contributed by atoms with E-state index in [4.69, 9.17) is 9.47 Å². The molecule has 5 nitrogen and oxygen atoms in total. The summed E-state index contributed by atoms with van der Waals surface area (Å²) in [5.41, 5.74) is 1.36. The van der Waals surface area contributed by atoms with Gasteiger partial charge in [-0.05, 0) is 24.3 Å². The third kappa shape index (κ3) is 4.35. The fourth-order valence-corrected chi connectivity index (χ4v) is 2.28. The normalized spacial score (nSPS) is 10.1. The Hall–Kier alpha value is -3.34. The molecule has 0 saturated carbocycles. The highest BCUT2D eigenvalue weighted by Gasteiger charge is 2.09. The van der Waals surface area contributed by atoms with Crippen LogP contribution in [0.15, 0.2) is 72.9 Å². The number of rotatable bonds is 6. The number of benzene rings is 2. The summed E-state index contributed by atoms with van der Waals surface area (Å²) in [4.78, 5) is 16.3. The van der Waals surface area contributed by atoms with Gasteiger partial charge in [0.05, 0.1) is 12.7 Å². The highest BCUT2D eigenvalue weighted by atomic mass is 16.5. The van der Waals surface area contributed by atoms with E-state index in [1.165, 1.54) is 13.3 Å². The third-order valence-electron chi connectivity index (χ3n) is 3.59. The Bertz CT molecular complexity index is 833. The molecule has 3 aromatic rings. The van der Waals surface area contributed by atoms with Gasteiger partial charge in [-0.2, -0.15) is 0 Å². The van der Waals surface area contributed by atoms with E-state index in [-0.39, 0.29) is 5.91 Å². The van der Waals surface area contributed by atoms with E-state index < -0.39 is 0 Å². The van der Waals surface area contributed by atoms with Gasteiger partial charge in [-0.15, -0.1) is 0 Å². The molecule has 3 rings (SSSR count). The van der Waals surface area contributed by atoms with Crippen molar-refractivity contribution in [2.45, 2.75) is 6.54 Å². The van der Waals surface area contributed by atoms with E-state index in [0.717, 1.165) is 11.3 Å². The number of hydrogen-bond acceptors (Lipinski definition) is 4. The molecular formula is C20H18N2O3. The van der Waals surface area contributed by atoms with Crippen LogP contribution < -0.4 is 14.8 Å². The average molecular weight is 334 g/mol. The van der Waals surface area contributed by atoms with Gasteiger partial charge >= 0.3 is 0 Å². The zero-order valence-corrected chi connectivity index (χ0v) is 13.8. The van der Waals surface area contributed by atoms with Crippen LogP contribution in [0.1, 0.15) is 15.9 Å². The SMILES string of the molecule is COc1ccc(C(=O)NCc2ccccc2Oc2ccccc2)cn1. The molecule has 0 bridgehead atoms. The number of para-hydroxylation sites is 2. The Balaban J connectivity index is 1.67. The monoisotopic (exact) mass is 334 g/mol. The standard InChI is InChI=1S/C20H18N2O3/c1-24-19-12-11-16(14-21-19)20(23)22-13-15-7-5-6-10-18(15)25-17-8-3-2-4-9-17/h2-12,14H,13H2,1H3,(H,22,23). The molecule has 1 amide bonds. The number of nitrogens with zero attached hydrogens (tertiary/aromatic N) is 1. The molecule has 0 spiro atoms. The van der Waals surface area contributed by atoms with Gasteiger partial charge in [0.25, 0.3) is 5.91 Å². The molecule has 2 aromatic carbocycles. The van der Waals surface area contributed by atoms with Crippen molar-refractivity contribution < 1.29 is 14.3 Å². The van der Waals surface area contributed by atoms with E-state index in [1.807, 2.05) is 54.6 Å². The summed E-state index contributed by atoms with van der Waals surface area (Å²) in [6, 6.07) is 20.5. The molecule has 126 valence electrons. The molecule has 0 atom stereocenters. The first-order valence-corrected chi connectivity index (χ1v) is 7.85. The second-order valence-electron chi connectivity index (χ2n) is 5.29. The second-order valence-corrected chi connectivity index (χ2v) is 5.29. The van der Waals surface area contributed by atoms with Crippen molar-refractivity contribution in [2.24, 2.45) is 0 Å². The molecule has 1 aromatic heterocycles. The molecule has 5 heteroatoms. The summed E-state index contributed by atoms with van der Waals surface area (Å²) < 4.78 is 10.9. The maximum absolute atomic E-state index is 12.3. The van der Waals surface area contributed by atoms with E-state index in [2.05, 4.69) is 10.3 Å². The van der Waals surface area contributed by atoms with Gasteiger partial charge in [-0.1, -0.05) is 36.4 Å². The lowest BCUT2D eigenvalue weighted by atomic mass is 10.2.